The maximum atomic E-state index is 12.3. The quantitative estimate of drug-likeness (QED) is 0.807. The lowest BCUT2D eigenvalue weighted by molar-refractivity contribution is -0.120. The number of carbonyl (C=O) groups excluding carboxylic acids is 1. The van der Waals surface area contributed by atoms with Crippen LogP contribution < -0.4 is 15.8 Å². The Kier molecular flexibility index (Phi) is 6.21. The van der Waals surface area contributed by atoms with Gasteiger partial charge in [-0.2, -0.15) is 0 Å². The normalized spacial score (nSPS) is 17.0. The molecular weight excluding hydrogens is 342 g/mol. The van der Waals surface area contributed by atoms with Gasteiger partial charge in [0.2, 0.25) is 5.91 Å². The number of amides is 1. The predicted octanol–water partition coefficient (Wildman–Crippen LogP) is 1.61. The number of pyridine rings is 1. The van der Waals surface area contributed by atoms with Crippen LogP contribution >= 0.6 is 0 Å². The number of anilines is 1. The molecule has 1 unspecified atom stereocenters. The number of aromatic nitrogens is 3. The zero-order valence-electron chi connectivity index (χ0n) is 16.0. The molecule has 0 radical (unpaired) electrons. The monoisotopic (exact) mass is 369 g/mol. The molecule has 7 nitrogen and oxygen atoms in total. The van der Waals surface area contributed by atoms with Gasteiger partial charge >= 0.3 is 0 Å². The van der Waals surface area contributed by atoms with Crippen molar-refractivity contribution in [1.29, 1.82) is 0 Å². The number of piperidine rings is 1. The molecule has 0 bridgehead atoms. The van der Waals surface area contributed by atoms with E-state index in [1.807, 2.05) is 25.1 Å². The Morgan fingerprint density at radius 1 is 1.41 bits per heavy atom. The summed E-state index contributed by atoms with van der Waals surface area (Å²) in [5, 5.41) is 2.99. The van der Waals surface area contributed by atoms with E-state index in [-0.39, 0.29) is 17.9 Å². The molecule has 0 aliphatic carbocycles. The van der Waals surface area contributed by atoms with Crippen molar-refractivity contribution in [3.05, 3.63) is 51.8 Å². The lowest BCUT2D eigenvalue weighted by atomic mass is 9.98. The van der Waals surface area contributed by atoms with Crippen molar-refractivity contribution in [2.24, 2.45) is 5.92 Å². The Morgan fingerprint density at radius 3 is 2.96 bits per heavy atom. The second-order valence-corrected chi connectivity index (χ2v) is 7.05. The number of aromatic amines is 1. The average molecular weight is 369 g/mol. The summed E-state index contributed by atoms with van der Waals surface area (Å²) in [7, 11) is 0. The standard InChI is InChI=1S/C20H27N5O2/c1-3-17-23-14(2)16(20(27)24-17)11-19(26)22-12-15-7-6-10-25(13-15)18-8-4-5-9-21-18/h4-5,8-9,15H,3,6-7,10-13H2,1-2H3,(H,22,26)(H,23,24,27). The third kappa shape index (κ3) is 4.93. The molecule has 1 atom stereocenters. The minimum atomic E-state index is -0.214. The topological polar surface area (TPSA) is 91.0 Å². The van der Waals surface area contributed by atoms with Crippen molar-refractivity contribution in [2.45, 2.75) is 39.5 Å². The Balaban J connectivity index is 1.54. The number of aryl methyl sites for hydroxylation is 2. The molecule has 144 valence electrons. The highest BCUT2D eigenvalue weighted by molar-refractivity contribution is 5.78. The molecule has 2 aromatic heterocycles. The second-order valence-electron chi connectivity index (χ2n) is 7.05. The number of rotatable bonds is 6. The number of H-pyrrole nitrogens is 1. The summed E-state index contributed by atoms with van der Waals surface area (Å²) in [4.78, 5) is 38.3. The number of hydrogen-bond acceptors (Lipinski definition) is 5. The van der Waals surface area contributed by atoms with Crippen molar-refractivity contribution in [3.63, 3.8) is 0 Å². The van der Waals surface area contributed by atoms with Gasteiger partial charge in [-0.1, -0.05) is 13.0 Å². The summed E-state index contributed by atoms with van der Waals surface area (Å²) < 4.78 is 0. The van der Waals surface area contributed by atoms with Crippen molar-refractivity contribution >= 4 is 11.7 Å². The van der Waals surface area contributed by atoms with E-state index in [4.69, 9.17) is 0 Å². The molecule has 1 fully saturated rings. The van der Waals surface area contributed by atoms with Crippen LogP contribution in [0.25, 0.3) is 0 Å². The van der Waals surface area contributed by atoms with Crippen LogP contribution in [0.3, 0.4) is 0 Å². The molecule has 0 aromatic carbocycles. The highest BCUT2D eigenvalue weighted by atomic mass is 16.2. The minimum absolute atomic E-state index is 0.0643. The first-order valence-corrected chi connectivity index (χ1v) is 9.58. The molecule has 27 heavy (non-hydrogen) atoms. The minimum Gasteiger partial charge on any atom is -0.356 e. The maximum absolute atomic E-state index is 12.3. The Morgan fingerprint density at radius 2 is 2.26 bits per heavy atom. The van der Waals surface area contributed by atoms with Crippen molar-refractivity contribution < 1.29 is 4.79 Å². The highest BCUT2D eigenvalue weighted by Gasteiger charge is 2.21. The second kappa shape index (κ2) is 8.79. The first kappa shape index (κ1) is 19.1. The first-order valence-electron chi connectivity index (χ1n) is 9.58. The molecule has 1 saturated heterocycles. The zero-order valence-corrected chi connectivity index (χ0v) is 16.0. The summed E-state index contributed by atoms with van der Waals surface area (Å²) in [5.74, 6) is 1.88. The molecule has 0 saturated carbocycles. The lowest BCUT2D eigenvalue weighted by Gasteiger charge is -2.33. The number of hydrogen-bond donors (Lipinski definition) is 2. The van der Waals surface area contributed by atoms with Crippen LogP contribution in [0.15, 0.2) is 29.2 Å². The van der Waals surface area contributed by atoms with E-state index >= 15 is 0 Å². The summed E-state index contributed by atoms with van der Waals surface area (Å²) in [6.45, 7) is 6.19. The fourth-order valence-electron chi connectivity index (χ4n) is 3.51. The van der Waals surface area contributed by atoms with Gasteiger partial charge in [0.15, 0.2) is 0 Å². The van der Waals surface area contributed by atoms with Crippen molar-refractivity contribution in [3.8, 4) is 0 Å². The molecule has 2 aromatic rings. The Labute approximate surface area is 159 Å². The van der Waals surface area contributed by atoms with Crippen LogP contribution in [0, 0.1) is 12.8 Å². The SMILES string of the molecule is CCc1nc(C)c(CC(=O)NCC2CCCN(c3ccccn3)C2)c(=O)[nH]1. The molecule has 3 rings (SSSR count). The molecular formula is C20H27N5O2. The van der Waals surface area contributed by atoms with Crippen molar-refractivity contribution in [2.75, 3.05) is 24.5 Å². The van der Waals surface area contributed by atoms with E-state index < -0.39 is 0 Å². The average Bonchev–Trinajstić information content (AvgIpc) is 2.70. The van der Waals surface area contributed by atoms with Gasteiger partial charge in [0.05, 0.1) is 6.42 Å². The van der Waals surface area contributed by atoms with E-state index in [1.54, 1.807) is 13.1 Å². The third-order valence-electron chi connectivity index (χ3n) is 5.02. The highest BCUT2D eigenvalue weighted by Crippen LogP contribution is 2.20. The van der Waals surface area contributed by atoms with Gasteiger partial charge in [-0.3, -0.25) is 9.59 Å². The molecule has 0 spiro atoms. The molecule has 7 heteroatoms. The van der Waals surface area contributed by atoms with Crippen LogP contribution in [0.1, 0.15) is 36.8 Å². The summed E-state index contributed by atoms with van der Waals surface area (Å²) in [5.41, 5.74) is 0.863. The van der Waals surface area contributed by atoms with Crippen LogP contribution in [-0.4, -0.2) is 40.5 Å². The van der Waals surface area contributed by atoms with Gasteiger partial charge < -0.3 is 15.2 Å². The van der Waals surface area contributed by atoms with Crippen molar-refractivity contribution in [1.82, 2.24) is 20.3 Å². The van der Waals surface area contributed by atoms with E-state index in [1.165, 1.54) is 0 Å². The first-order chi connectivity index (χ1) is 13.1. The van der Waals surface area contributed by atoms with Crippen LogP contribution in [0.5, 0.6) is 0 Å². The number of nitrogens with one attached hydrogen (secondary N) is 2. The maximum Gasteiger partial charge on any atom is 0.254 e. The predicted molar refractivity (Wildman–Crippen MR) is 105 cm³/mol. The van der Waals surface area contributed by atoms with E-state index in [0.717, 1.165) is 31.7 Å². The van der Waals surface area contributed by atoms with Crippen LogP contribution in [0.2, 0.25) is 0 Å². The molecule has 1 aliphatic heterocycles. The van der Waals surface area contributed by atoms with E-state index in [2.05, 4.69) is 25.2 Å². The number of carbonyl (C=O) groups is 1. The van der Waals surface area contributed by atoms with Crippen LogP contribution in [0.4, 0.5) is 5.82 Å². The third-order valence-corrected chi connectivity index (χ3v) is 5.02. The largest absolute Gasteiger partial charge is 0.356 e. The van der Waals surface area contributed by atoms with Gasteiger partial charge in [-0.15, -0.1) is 0 Å². The van der Waals surface area contributed by atoms with E-state index in [0.29, 0.717) is 36.0 Å². The summed E-state index contributed by atoms with van der Waals surface area (Å²) in [6.07, 6.45) is 4.69. The molecule has 1 aliphatic rings. The summed E-state index contributed by atoms with van der Waals surface area (Å²) in [6, 6.07) is 5.92. The fourth-order valence-corrected chi connectivity index (χ4v) is 3.51. The molecule has 1 amide bonds. The van der Waals surface area contributed by atoms with Gasteiger partial charge in [0, 0.05) is 43.5 Å². The molecule has 2 N–H and O–H groups in total. The van der Waals surface area contributed by atoms with Crippen LogP contribution in [-0.2, 0) is 17.6 Å². The smallest absolute Gasteiger partial charge is 0.254 e. The van der Waals surface area contributed by atoms with Gasteiger partial charge in [-0.05, 0) is 37.8 Å². The van der Waals surface area contributed by atoms with Gasteiger partial charge in [0.25, 0.3) is 5.56 Å². The fraction of sp³-hybridized carbons (Fsp3) is 0.500. The summed E-state index contributed by atoms with van der Waals surface area (Å²) >= 11 is 0. The Hall–Kier alpha value is -2.70. The zero-order chi connectivity index (χ0) is 19.2. The number of nitrogens with zero attached hydrogens (tertiary/aromatic N) is 3. The van der Waals surface area contributed by atoms with Gasteiger partial charge in [-0.25, -0.2) is 9.97 Å². The van der Waals surface area contributed by atoms with E-state index in [9.17, 15) is 9.59 Å². The van der Waals surface area contributed by atoms with Gasteiger partial charge in [0.1, 0.15) is 11.6 Å². The lowest BCUT2D eigenvalue weighted by Crippen LogP contribution is -2.41. The Bertz CT molecular complexity index is 834. The molecule has 3 heterocycles.